The lowest BCUT2D eigenvalue weighted by Crippen LogP contribution is -2.40. The molecule has 1 fully saturated rings. The molecule has 1 aliphatic rings. The first-order valence-corrected chi connectivity index (χ1v) is 8.13. The molecule has 1 amide bonds. The maximum Gasteiger partial charge on any atom is 0.305 e. The van der Waals surface area contributed by atoms with Gasteiger partial charge in [0.25, 0.3) is 5.91 Å². The fourth-order valence-corrected chi connectivity index (χ4v) is 3.17. The van der Waals surface area contributed by atoms with Crippen molar-refractivity contribution in [3.63, 3.8) is 0 Å². The number of carboxylic acid groups (broad SMARTS) is 1. The zero-order valence-electron chi connectivity index (χ0n) is 11.1. The standard InChI is InChI=1S/C14H15Br2NO4/c15-9-3-4-12(10(16)5-9)21-7-13(18)17-11(6-14(19)20)8-1-2-8/h3-5,8,11H,1-2,6-7H2,(H,17,18)(H,19,20). The van der Waals surface area contributed by atoms with Crippen LogP contribution in [0.1, 0.15) is 19.3 Å². The number of carbonyl (C=O) groups excluding carboxylic acids is 1. The van der Waals surface area contributed by atoms with Gasteiger partial charge in [-0.05, 0) is 52.9 Å². The van der Waals surface area contributed by atoms with Gasteiger partial charge in [-0.15, -0.1) is 0 Å². The van der Waals surface area contributed by atoms with Crippen molar-refractivity contribution in [2.75, 3.05) is 6.61 Å². The van der Waals surface area contributed by atoms with Crippen LogP contribution in [0.3, 0.4) is 0 Å². The molecule has 2 rings (SSSR count). The Bertz CT molecular complexity index is 546. The first-order valence-electron chi connectivity index (χ1n) is 6.54. The number of carbonyl (C=O) groups is 2. The number of ether oxygens (including phenoxy) is 1. The molecule has 1 unspecified atom stereocenters. The third-order valence-corrected chi connectivity index (χ3v) is 4.30. The molecule has 0 aliphatic heterocycles. The molecule has 5 nitrogen and oxygen atoms in total. The molecule has 1 aromatic carbocycles. The Morgan fingerprint density at radius 2 is 2.10 bits per heavy atom. The van der Waals surface area contributed by atoms with Gasteiger partial charge < -0.3 is 15.2 Å². The van der Waals surface area contributed by atoms with E-state index in [2.05, 4.69) is 37.2 Å². The first-order chi connectivity index (χ1) is 9.95. The van der Waals surface area contributed by atoms with Crippen LogP contribution in [0.4, 0.5) is 0 Å². The van der Waals surface area contributed by atoms with Crippen LogP contribution >= 0.6 is 31.9 Å². The molecule has 0 saturated heterocycles. The predicted molar refractivity (Wildman–Crippen MR) is 84.2 cm³/mol. The van der Waals surface area contributed by atoms with Crippen molar-refractivity contribution >= 4 is 43.7 Å². The van der Waals surface area contributed by atoms with Crippen molar-refractivity contribution in [2.45, 2.75) is 25.3 Å². The lowest BCUT2D eigenvalue weighted by Gasteiger charge is -2.16. The van der Waals surface area contributed by atoms with Crippen molar-refractivity contribution in [2.24, 2.45) is 5.92 Å². The second-order valence-corrected chi connectivity index (χ2v) is 6.74. The third kappa shape index (κ3) is 5.32. The summed E-state index contributed by atoms with van der Waals surface area (Å²) in [5.41, 5.74) is 0. The fraction of sp³-hybridized carbons (Fsp3) is 0.429. The summed E-state index contributed by atoms with van der Waals surface area (Å²) in [7, 11) is 0. The molecule has 1 saturated carbocycles. The summed E-state index contributed by atoms with van der Waals surface area (Å²) in [6, 6.07) is 5.09. The average Bonchev–Trinajstić information content (AvgIpc) is 3.20. The number of amides is 1. The average molecular weight is 421 g/mol. The summed E-state index contributed by atoms with van der Waals surface area (Å²) in [4.78, 5) is 22.7. The minimum Gasteiger partial charge on any atom is -0.483 e. The van der Waals surface area contributed by atoms with Gasteiger partial charge in [0.2, 0.25) is 0 Å². The van der Waals surface area contributed by atoms with Crippen LogP contribution < -0.4 is 10.1 Å². The Morgan fingerprint density at radius 3 is 2.67 bits per heavy atom. The summed E-state index contributed by atoms with van der Waals surface area (Å²) < 4.78 is 7.08. The van der Waals surface area contributed by atoms with E-state index in [0.29, 0.717) is 5.75 Å². The number of nitrogens with one attached hydrogen (secondary N) is 1. The number of carboxylic acids is 1. The molecule has 0 heterocycles. The minimum absolute atomic E-state index is 0.0433. The molecular weight excluding hydrogens is 406 g/mol. The number of hydrogen-bond donors (Lipinski definition) is 2. The van der Waals surface area contributed by atoms with Crippen molar-refractivity contribution in [1.82, 2.24) is 5.32 Å². The van der Waals surface area contributed by atoms with Crippen molar-refractivity contribution in [1.29, 1.82) is 0 Å². The predicted octanol–water partition coefficient (Wildman–Crippen LogP) is 2.96. The third-order valence-electron chi connectivity index (χ3n) is 3.18. The Hall–Kier alpha value is -1.08. The van der Waals surface area contributed by atoms with Gasteiger partial charge in [-0.1, -0.05) is 15.9 Å². The van der Waals surface area contributed by atoms with E-state index < -0.39 is 5.97 Å². The summed E-state index contributed by atoms with van der Waals surface area (Å²) in [5, 5.41) is 11.6. The smallest absolute Gasteiger partial charge is 0.305 e. The van der Waals surface area contributed by atoms with E-state index in [1.165, 1.54) is 0 Å². The second-order valence-electron chi connectivity index (χ2n) is 4.97. The van der Waals surface area contributed by atoms with Gasteiger partial charge in [-0.25, -0.2) is 0 Å². The molecule has 0 aromatic heterocycles. The Morgan fingerprint density at radius 1 is 1.38 bits per heavy atom. The van der Waals surface area contributed by atoms with E-state index in [0.717, 1.165) is 21.8 Å². The van der Waals surface area contributed by atoms with Crippen LogP contribution in [-0.4, -0.2) is 29.6 Å². The van der Waals surface area contributed by atoms with Crippen LogP contribution in [0.2, 0.25) is 0 Å². The van der Waals surface area contributed by atoms with Crippen LogP contribution in [0.15, 0.2) is 27.1 Å². The van der Waals surface area contributed by atoms with Gasteiger partial charge in [0.15, 0.2) is 6.61 Å². The molecule has 0 bridgehead atoms. The Kier molecular flexibility index (Phi) is 5.64. The normalized spacial score (nSPS) is 15.3. The molecule has 7 heteroatoms. The Labute approximate surface area is 139 Å². The largest absolute Gasteiger partial charge is 0.483 e. The molecule has 2 N–H and O–H groups in total. The summed E-state index contributed by atoms with van der Waals surface area (Å²) in [6.45, 7) is -0.136. The number of hydrogen-bond acceptors (Lipinski definition) is 3. The molecule has 0 radical (unpaired) electrons. The van der Waals surface area contributed by atoms with Gasteiger partial charge in [0, 0.05) is 10.5 Å². The highest BCUT2D eigenvalue weighted by molar-refractivity contribution is 9.11. The monoisotopic (exact) mass is 419 g/mol. The van der Waals surface area contributed by atoms with Crippen molar-refractivity contribution in [3.8, 4) is 5.75 Å². The van der Waals surface area contributed by atoms with E-state index in [1.807, 2.05) is 12.1 Å². The lowest BCUT2D eigenvalue weighted by molar-refractivity contribution is -0.138. The van der Waals surface area contributed by atoms with Gasteiger partial charge in [-0.3, -0.25) is 9.59 Å². The molecular formula is C14H15Br2NO4. The molecule has 114 valence electrons. The van der Waals surface area contributed by atoms with E-state index in [9.17, 15) is 9.59 Å². The summed E-state index contributed by atoms with van der Waals surface area (Å²) >= 11 is 6.68. The topological polar surface area (TPSA) is 75.6 Å². The lowest BCUT2D eigenvalue weighted by atomic mass is 10.1. The molecule has 1 aromatic rings. The minimum atomic E-state index is -0.899. The number of halogens is 2. The number of aliphatic carboxylic acids is 1. The van der Waals surface area contributed by atoms with E-state index in [-0.39, 0.29) is 30.9 Å². The van der Waals surface area contributed by atoms with E-state index in [4.69, 9.17) is 9.84 Å². The zero-order chi connectivity index (χ0) is 15.4. The Balaban J connectivity index is 1.84. The molecule has 21 heavy (non-hydrogen) atoms. The molecule has 0 spiro atoms. The van der Waals surface area contributed by atoms with Crippen LogP contribution in [-0.2, 0) is 9.59 Å². The summed E-state index contributed by atoms with van der Waals surface area (Å²) in [6.07, 6.45) is 1.90. The van der Waals surface area contributed by atoms with Gasteiger partial charge in [-0.2, -0.15) is 0 Å². The van der Waals surface area contributed by atoms with E-state index >= 15 is 0 Å². The second kappa shape index (κ2) is 7.26. The van der Waals surface area contributed by atoms with Crippen LogP contribution in [0.25, 0.3) is 0 Å². The maximum absolute atomic E-state index is 11.9. The number of benzene rings is 1. The fourth-order valence-electron chi connectivity index (χ4n) is 2.01. The quantitative estimate of drug-likeness (QED) is 0.710. The highest BCUT2D eigenvalue weighted by atomic mass is 79.9. The highest BCUT2D eigenvalue weighted by Gasteiger charge is 2.33. The highest BCUT2D eigenvalue weighted by Crippen LogP contribution is 2.34. The van der Waals surface area contributed by atoms with Crippen molar-refractivity contribution < 1.29 is 19.4 Å². The van der Waals surface area contributed by atoms with E-state index in [1.54, 1.807) is 6.07 Å². The SMILES string of the molecule is O=C(O)CC(NC(=O)COc1ccc(Br)cc1Br)C1CC1. The first kappa shape index (κ1) is 16.3. The molecule has 1 aliphatic carbocycles. The van der Waals surface area contributed by atoms with Gasteiger partial charge in [0.05, 0.1) is 10.9 Å². The number of rotatable bonds is 7. The van der Waals surface area contributed by atoms with Gasteiger partial charge in [0.1, 0.15) is 5.75 Å². The zero-order valence-corrected chi connectivity index (χ0v) is 14.3. The molecule has 1 atom stereocenters. The van der Waals surface area contributed by atoms with Crippen LogP contribution in [0, 0.1) is 5.92 Å². The van der Waals surface area contributed by atoms with Crippen molar-refractivity contribution in [3.05, 3.63) is 27.1 Å². The van der Waals surface area contributed by atoms with Crippen LogP contribution in [0.5, 0.6) is 5.75 Å². The summed E-state index contributed by atoms with van der Waals surface area (Å²) in [5.74, 6) is -0.356. The maximum atomic E-state index is 11.9. The van der Waals surface area contributed by atoms with Gasteiger partial charge >= 0.3 is 5.97 Å².